The van der Waals surface area contributed by atoms with Gasteiger partial charge in [0.05, 0.1) is 18.0 Å². The van der Waals surface area contributed by atoms with Gasteiger partial charge in [0.1, 0.15) is 0 Å². The summed E-state index contributed by atoms with van der Waals surface area (Å²) in [5.74, 6) is 0.451. The van der Waals surface area contributed by atoms with Crippen LogP contribution in [-0.4, -0.2) is 10.1 Å². The molecule has 0 atom stereocenters. The SMILES string of the molecule is C=Cc1cc(C(C)C)cc(CO)n1. The first-order chi connectivity index (χ1) is 6.17. The first-order valence-corrected chi connectivity index (χ1v) is 4.41. The molecule has 0 aliphatic carbocycles. The molecule has 0 amide bonds. The fraction of sp³-hybridized carbons (Fsp3) is 0.364. The van der Waals surface area contributed by atoms with Gasteiger partial charge in [0.25, 0.3) is 0 Å². The summed E-state index contributed by atoms with van der Waals surface area (Å²) in [4.78, 5) is 4.18. The van der Waals surface area contributed by atoms with Crippen LogP contribution >= 0.6 is 0 Å². The van der Waals surface area contributed by atoms with E-state index in [1.807, 2.05) is 12.1 Å². The Balaban J connectivity index is 3.14. The maximum atomic E-state index is 8.97. The van der Waals surface area contributed by atoms with Crippen molar-refractivity contribution >= 4 is 6.08 Å². The van der Waals surface area contributed by atoms with Crippen LogP contribution in [0.15, 0.2) is 18.7 Å². The number of hydrogen-bond acceptors (Lipinski definition) is 2. The zero-order valence-electron chi connectivity index (χ0n) is 8.12. The third-order valence-electron chi connectivity index (χ3n) is 1.96. The number of aromatic nitrogens is 1. The lowest BCUT2D eigenvalue weighted by Crippen LogP contribution is -1.96. The van der Waals surface area contributed by atoms with Crippen LogP contribution in [0.2, 0.25) is 0 Å². The minimum atomic E-state index is -0.0125. The molecule has 0 aliphatic rings. The van der Waals surface area contributed by atoms with Crippen LogP contribution in [0.3, 0.4) is 0 Å². The minimum Gasteiger partial charge on any atom is -0.390 e. The molecule has 0 spiro atoms. The van der Waals surface area contributed by atoms with Gasteiger partial charge in [-0.15, -0.1) is 0 Å². The van der Waals surface area contributed by atoms with Crippen LogP contribution in [0.5, 0.6) is 0 Å². The third kappa shape index (κ3) is 2.39. The van der Waals surface area contributed by atoms with E-state index in [9.17, 15) is 0 Å². The van der Waals surface area contributed by atoms with E-state index in [-0.39, 0.29) is 6.61 Å². The van der Waals surface area contributed by atoms with Gasteiger partial charge in [0.15, 0.2) is 0 Å². The van der Waals surface area contributed by atoms with Crippen molar-refractivity contribution in [2.45, 2.75) is 26.4 Å². The van der Waals surface area contributed by atoms with Gasteiger partial charge in [-0.1, -0.05) is 20.4 Å². The van der Waals surface area contributed by atoms with Crippen molar-refractivity contribution in [1.82, 2.24) is 4.98 Å². The number of aliphatic hydroxyl groups is 1. The standard InChI is InChI=1S/C11H15NO/c1-4-10-5-9(8(2)3)6-11(7-13)12-10/h4-6,8,13H,1,7H2,2-3H3. The van der Waals surface area contributed by atoms with E-state index in [1.54, 1.807) is 6.08 Å². The molecule has 1 rings (SSSR count). The Bertz CT molecular complexity index is 305. The molecule has 1 heterocycles. The summed E-state index contributed by atoms with van der Waals surface area (Å²) in [6.45, 7) is 7.88. The Labute approximate surface area is 78.9 Å². The van der Waals surface area contributed by atoms with Crippen molar-refractivity contribution < 1.29 is 5.11 Å². The predicted molar refractivity (Wildman–Crippen MR) is 54.3 cm³/mol. The molecule has 1 aromatic rings. The van der Waals surface area contributed by atoms with E-state index in [1.165, 1.54) is 5.56 Å². The van der Waals surface area contributed by atoms with Gasteiger partial charge in [-0.2, -0.15) is 0 Å². The second-order valence-electron chi connectivity index (χ2n) is 3.33. The Hall–Kier alpha value is -1.15. The van der Waals surface area contributed by atoms with E-state index in [0.29, 0.717) is 11.6 Å². The van der Waals surface area contributed by atoms with Gasteiger partial charge in [0, 0.05) is 0 Å². The van der Waals surface area contributed by atoms with Crippen LogP contribution < -0.4 is 0 Å². The molecule has 2 nitrogen and oxygen atoms in total. The van der Waals surface area contributed by atoms with E-state index < -0.39 is 0 Å². The normalized spacial score (nSPS) is 10.5. The molecule has 1 N–H and O–H groups in total. The van der Waals surface area contributed by atoms with Gasteiger partial charge in [-0.3, -0.25) is 4.98 Å². The summed E-state index contributed by atoms with van der Waals surface area (Å²) in [7, 11) is 0. The number of rotatable bonds is 3. The highest BCUT2D eigenvalue weighted by molar-refractivity contribution is 5.44. The van der Waals surface area contributed by atoms with Crippen LogP contribution in [0, 0.1) is 0 Å². The second-order valence-corrected chi connectivity index (χ2v) is 3.33. The molecule has 0 radical (unpaired) electrons. The van der Waals surface area contributed by atoms with Crippen LogP contribution in [0.1, 0.15) is 36.7 Å². The van der Waals surface area contributed by atoms with E-state index in [2.05, 4.69) is 25.4 Å². The molecule has 0 aliphatic heterocycles. The molecule has 1 aromatic heterocycles. The molecule has 0 fully saturated rings. The molecule has 0 aromatic carbocycles. The summed E-state index contributed by atoms with van der Waals surface area (Å²) in [5, 5.41) is 8.97. The Kier molecular flexibility index (Phi) is 3.20. The summed E-state index contributed by atoms with van der Waals surface area (Å²) in [5.41, 5.74) is 2.73. The largest absolute Gasteiger partial charge is 0.390 e. The molecule has 0 bridgehead atoms. The van der Waals surface area contributed by atoms with Crippen molar-refractivity contribution in [3.05, 3.63) is 35.7 Å². The molecule has 0 saturated heterocycles. The fourth-order valence-electron chi connectivity index (χ4n) is 1.15. The van der Waals surface area contributed by atoms with E-state index in [0.717, 1.165) is 5.69 Å². The highest BCUT2D eigenvalue weighted by atomic mass is 16.3. The van der Waals surface area contributed by atoms with E-state index in [4.69, 9.17) is 5.11 Å². The van der Waals surface area contributed by atoms with Crippen molar-refractivity contribution in [3.8, 4) is 0 Å². The molecule has 0 saturated carbocycles. The molecular formula is C11H15NO. The van der Waals surface area contributed by atoms with E-state index >= 15 is 0 Å². The van der Waals surface area contributed by atoms with Crippen LogP contribution in [0.4, 0.5) is 0 Å². The molecule has 0 unspecified atom stereocenters. The maximum absolute atomic E-state index is 8.97. The highest BCUT2D eigenvalue weighted by Crippen LogP contribution is 2.16. The Morgan fingerprint density at radius 2 is 2.23 bits per heavy atom. The zero-order chi connectivity index (χ0) is 9.84. The van der Waals surface area contributed by atoms with Gasteiger partial charge in [-0.25, -0.2) is 0 Å². The lowest BCUT2D eigenvalue weighted by molar-refractivity contribution is 0.276. The number of aliphatic hydroxyl groups excluding tert-OH is 1. The van der Waals surface area contributed by atoms with Crippen molar-refractivity contribution in [2.24, 2.45) is 0 Å². The lowest BCUT2D eigenvalue weighted by Gasteiger charge is -2.07. The molecular weight excluding hydrogens is 162 g/mol. The minimum absolute atomic E-state index is 0.0125. The first kappa shape index (κ1) is 9.93. The van der Waals surface area contributed by atoms with Crippen molar-refractivity contribution in [1.29, 1.82) is 0 Å². The number of nitrogens with zero attached hydrogens (tertiary/aromatic N) is 1. The quantitative estimate of drug-likeness (QED) is 0.768. The number of hydrogen-bond donors (Lipinski definition) is 1. The summed E-state index contributed by atoms with van der Waals surface area (Å²) in [6.07, 6.45) is 1.70. The maximum Gasteiger partial charge on any atom is 0.0853 e. The summed E-state index contributed by atoms with van der Waals surface area (Å²) < 4.78 is 0. The highest BCUT2D eigenvalue weighted by Gasteiger charge is 2.03. The van der Waals surface area contributed by atoms with Crippen LogP contribution in [0.25, 0.3) is 6.08 Å². The van der Waals surface area contributed by atoms with Gasteiger partial charge in [0.2, 0.25) is 0 Å². The van der Waals surface area contributed by atoms with Crippen molar-refractivity contribution in [3.63, 3.8) is 0 Å². The second kappa shape index (κ2) is 4.19. The topological polar surface area (TPSA) is 33.1 Å². The van der Waals surface area contributed by atoms with Gasteiger partial charge in [-0.05, 0) is 29.7 Å². The van der Waals surface area contributed by atoms with Crippen LogP contribution in [-0.2, 0) is 6.61 Å². The molecule has 2 heteroatoms. The van der Waals surface area contributed by atoms with Crippen molar-refractivity contribution in [2.75, 3.05) is 0 Å². The Morgan fingerprint density at radius 3 is 2.69 bits per heavy atom. The first-order valence-electron chi connectivity index (χ1n) is 4.41. The zero-order valence-corrected chi connectivity index (χ0v) is 8.12. The molecule has 13 heavy (non-hydrogen) atoms. The monoisotopic (exact) mass is 177 g/mol. The fourth-order valence-corrected chi connectivity index (χ4v) is 1.15. The third-order valence-corrected chi connectivity index (χ3v) is 1.96. The molecule has 70 valence electrons. The predicted octanol–water partition coefficient (Wildman–Crippen LogP) is 2.34. The smallest absolute Gasteiger partial charge is 0.0853 e. The summed E-state index contributed by atoms with van der Waals surface area (Å²) in [6, 6.07) is 3.93. The number of pyridine rings is 1. The summed E-state index contributed by atoms with van der Waals surface area (Å²) >= 11 is 0. The Morgan fingerprint density at radius 1 is 1.54 bits per heavy atom. The average Bonchev–Trinajstić information content (AvgIpc) is 2.16. The van der Waals surface area contributed by atoms with Gasteiger partial charge >= 0.3 is 0 Å². The lowest BCUT2D eigenvalue weighted by atomic mass is 10.0. The van der Waals surface area contributed by atoms with Gasteiger partial charge < -0.3 is 5.11 Å². The average molecular weight is 177 g/mol.